The fraction of sp³-hybridized carbons (Fsp3) is 0.713. The summed E-state index contributed by atoms with van der Waals surface area (Å²) in [5.74, 6) is -4.54. The molecule has 12 saturated carbocycles. The second-order valence-corrected chi connectivity index (χ2v) is 42.5. The van der Waals surface area contributed by atoms with Gasteiger partial charge in [-0.25, -0.2) is 28.8 Å². The van der Waals surface area contributed by atoms with Gasteiger partial charge in [0.05, 0.1) is 91.5 Å². The molecule has 0 N–H and O–H groups in total. The molecule has 45 heteroatoms. The van der Waals surface area contributed by atoms with E-state index >= 15 is 0 Å². The number of carbonyl (C=O) groups excluding carboxylic acids is 15. The normalized spacial score (nSPS) is 32.5. The molecule has 0 aromatic carbocycles. The van der Waals surface area contributed by atoms with Crippen LogP contribution in [0.15, 0.2) is 73.9 Å². The van der Waals surface area contributed by atoms with E-state index < -0.39 is 155 Å². The van der Waals surface area contributed by atoms with Crippen LogP contribution >= 0.6 is 0 Å². The molecule has 18 bridgehead atoms. The molecule has 0 aromatic rings. The first kappa shape index (κ1) is 111. The maximum Gasteiger partial charge on any atom is 0.333 e. The lowest BCUT2D eigenvalue weighted by atomic mass is 9.63. The van der Waals surface area contributed by atoms with Crippen molar-refractivity contribution in [2.75, 3.05) is 61.0 Å². The van der Waals surface area contributed by atoms with Gasteiger partial charge in [-0.05, 0) is 163 Å². The van der Waals surface area contributed by atoms with Gasteiger partial charge in [-0.1, -0.05) is 39.5 Å². The topological polar surface area (TPSA) is 552 Å². The van der Waals surface area contributed by atoms with Crippen molar-refractivity contribution in [3.8, 4) is 0 Å². The maximum atomic E-state index is 12.0. The van der Waals surface area contributed by atoms with Gasteiger partial charge in [0.15, 0.2) is 18.3 Å². The van der Waals surface area contributed by atoms with E-state index in [1.54, 1.807) is 13.8 Å². The highest BCUT2D eigenvalue weighted by atomic mass is 32.2. The monoisotopic (exact) mass is 2020 g/mol. The van der Waals surface area contributed by atoms with Crippen molar-refractivity contribution in [2.24, 2.45) is 53.3 Å². The molecule has 18 aliphatic rings. The number of fused-ring (bicyclic) bond motifs is 9. The summed E-state index contributed by atoms with van der Waals surface area (Å²) in [5, 5.41) is -1.82. The summed E-state index contributed by atoms with van der Waals surface area (Å²) < 4.78 is 180. The van der Waals surface area contributed by atoms with Gasteiger partial charge in [0.25, 0.3) is 30.4 Å². The number of methoxy groups -OCH3 is 3. The maximum absolute atomic E-state index is 12.0. The molecule has 139 heavy (non-hydrogen) atoms. The average Bonchev–Trinajstić information content (AvgIpc) is 1.60. The zero-order valence-electron chi connectivity index (χ0n) is 79.2. The Bertz CT molecular complexity index is 4720. The van der Waals surface area contributed by atoms with Crippen molar-refractivity contribution in [3.05, 3.63) is 73.9 Å². The summed E-state index contributed by atoms with van der Waals surface area (Å²) in [6.07, 6.45) is 7.17. The highest BCUT2D eigenvalue weighted by Gasteiger charge is 2.63. The molecule has 6 heterocycles. The van der Waals surface area contributed by atoms with Crippen LogP contribution in [0.3, 0.4) is 0 Å². The van der Waals surface area contributed by atoms with Gasteiger partial charge in [0.1, 0.15) is 54.9 Å². The van der Waals surface area contributed by atoms with Gasteiger partial charge >= 0.3 is 89.5 Å². The lowest BCUT2D eigenvalue weighted by molar-refractivity contribution is -0.172. The molecule has 6 aliphatic heterocycles. The van der Waals surface area contributed by atoms with E-state index in [1.807, 2.05) is 0 Å². The zero-order chi connectivity index (χ0) is 102. The number of hydrogen-bond acceptors (Lipinski definition) is 42. The first-order chi connectivity index (χ1) is 65.9. The Morgan fingerprint density at radius 3 is 0.741 bits per heavy atom. The molecule has 27 unspecified atom stereocenters. The van der Waals surface area contributed by atoms with Gasteiger partial charge in [0.2, 0.25) is 0 Å². The minimum atomic E-state index is -3.61. The van der Waals surface area contributed by atoms with Crippen molar-refractivity contribution in [3.63, 3.8) is 0 Å². The van der Waals surface area contributed by atoms with E-state index in [0.29, 0.717) is 68.9 Å². The number of carbonyl (C=O) groups is 15. The van der Waals surface area contributed by atoms with Crippen molar-refractivity contribution in [1.29, 1.82) is 0 Å². The van der Waals surface area contributed by atoms with Crippen LogP contribution in [0.4, 0.5) is 0 Å². The molecule has 0 radical (unpaired) electrons. The van der Waals surface area contributed by atoms with Crippen LogP contribution in [0.5, 0.6) is 0 Å². The van der Waals surface area contributed by atoms with Gasteiger partial charge < -0.3 is 85.3 Å². The van der Waals surface area contributed by atoms with E-state index in [0.717, 1.165) is 69.9 Å². The Labute approximate surface area is 807 Å². The molecule has 774 valence electrons. The van der Waals surface area contributed by atoms with Crippen molar-refractivity contribution >= 4 is 120 Å². The van der Waals surface area contributed by atoms with Gasteiger partial charge in [-0.15, -0.1) is 0 Å². The summed E-state index contributed by atoms with van der Waals surface area (Å²) in [4.78, 5) is 174. The smallest absolute Gasteiger partial charge is 0.333 e. The van der Waals surface area contributed by atoms with Gasteiger partial charge in [0, 0.05) is 130 Å². The van der Waals surface area contributed by atoms with Gasteiger partial charge in [-0.3, -0.25) is 55.7 Å². The van der Waals surface area contributed by atoms with Crippen molar-refractivity contribution in [2.45, 2.75) is 308 Å². The summed E-state index contributed by atoms with van der Waals surface area (Å²) in [6.45, 7) is 27.4. The third-order valence-corrected chi connectivity index (χ3v) is 32.3. The molecule has 18 fully saturated rings. The van der Waals surface area contributed by atoms with Gasteiger partial charge in [-0.2, -0.15) is 25.3 Å². The minimum Gasteiger partial charge on any atom is -0.463 e. The molecule has 12 aliphatic carbocycles. The molecule has 27 atom stereocenters. The second-order valence-electron chi connectivity index (χ2n) is 37.0. The van der Waals surface area contributed by atoms with E-state index in [2.05, 4.69) is 39.5 Å². The van der Waals surface area contributed by atoms with Crippen LogP contribution in [-0.2, 0) is 200 Å². The summed E-state index contributed by atoms with van der Waals surface area (Å²) in [5.41, 5.74) is 1.25. The minimum absolute atomic E-state index is 0.00950. The summed E-state index contributed by atoms with van der Waals surface area (Å²) in [7, 11) is -6.50. The number of ether oxygens (including phenoxy) is 18. The first-order valence-corrected chi connectivity index (χ1v) is 51.3. The lowest BCUT2D eigenvalue weighted by Crippen LogP contribution is -2.50. The molecule has 0 aromatic heterocycles. The molecular weight excluding hydrogens is 1900 g/mol. The standard InChI is InChI=1S/2C17H22O6.C16H20O6.2C15H22O8S.C14H20O8S/c2*1-9(2)16(19)21-7-3-4-13(18)22-14-10-5-6-11-12(8-10)17(20)23-15(11)14;1-2-12(17)20-7-3-4-13(18)21-14-9-5-6-10-11(8-9)16(19)22-15(10)14;2*1-9(2)15(17)21-6-4-5-13(16)22-14-11(20-3)7-10-8-12(14)23-24(10,18)19;1-3-12(15)20-6-4-5-13(16)21-14-10(19-2)7-9-8-11(14)22-23(9,17)18/h2*10-12,14-15H,1,3-8H2,2H3;2,9-11,14-15H,1,3-8H2;2*10-12,14H,1,4-8H2,2-3H3;3,9-11,14H,1,4-8H2,2H3. The Hall–Kier alpha value is -9.90. The average molecular weight is 2030 g/mol. The predicted molar refractivity (Wildman–Crippen MR) is 476 cm³/mol. The number of esters is 15. The second kappa shape index (κ2) is 50.7. The van der Waals surface area contributed by atoms with Crippen molar-refractivity contribution in [1.82, 2.24) is 0 Å². The van der Waals surface area contributed by atoms with E-state index in [4.69, 9.17) is 97.8 Å². The van der Waals surface area contributed by atoms with Crippen LogP contribution in [-0.4, -0.2) is 283 Å². The fourth-order valence-corrected chi connectivity index (χ4v) is 24.8. The highest BCUT2D eigenvalue weighted by molar-refractivity contribution is 7.88. The first-order valence-electron chi connectivity index (χ1n) is 46.9. The summed E-state index contributed by atoms with van der Waals surface area (Å²) >= 11 is 0. The largest absolute Gasteiger partial charge is 0.463 e. The third-order valence-electron chi connectivity index (χ3n) is 27.1. The summed E-state index contributed by atoms with van der Waals surface area (Å²) in [6, 6.07) is 0. The Kier molecular flexibility index (Phi) is 40.5. The van der Waals surface area contributed by atoms with Crippen LogP contribution in [0.2, 0.25) is 0 Å². The highest BCUT2D eigenvalue weighted by Crippen LogP contribution is 2.55. The lowest BCUT2D eigenvalue weighted by Gasteiger charge is -2.43. The number of hydrogen-bond donors (Lipinski definition) is 0. The Balaban J connectivity index is 0.000000172. The predicted octanol–water partition coefficient (Wildman–Crippen LogP) is 6.64. The molecule has 0 spiro atoms. The molecule has 42 nitrogen and oxygen atoms in total. The zero-order valence-corrected chi connectivity index (χ0v) is 81.6. The quantitative estimate of drug-likeness (QED) is 0.0204. The molecule has 18 rings (SSSR count). The van der Waals surface area contributed by atoms with E-state index in [-0.39, 0.29) is 234 Å². The molecule has 6 saturated heterocycles. The SMILES string of the molecule is C=C(C)C(=O)OCCCC(=O)OC1C(OC)CC2CC1OS2(=O)=O.C=C(C)C(=O)OCCCC(=O)OC1C(OC)CC2CC1OS2(=O)=O.C=C(C)C(=O)OCCCC(=O)OC1C2CCC3C(C2)C(=O)OC31.C=C(C)C(=O)OCCCC(=O)OC1C2CCC3C(C2)C(=O)OC31.C=CC(=O)OCCCC(=O)OC1C(OC)CC2CC1OS2(=O)=O.C=CC(=O)OCCCC(=O)OC1C2CCC3C(C2)C(=O)OC31. The van der Waals surface area contributed by atoms with Crippen LogP contribution in [0.25, 0.3) is 0 Å². The van der Waals surface area contributed by atoms with Crippen LogP contribution in [0, 0.1) is 53.3 Å². The molecular formula is C94H128O42S3. The van der Waals surface area contributed by atoms with E-state index in [9.17, 15) is 97.2 Å². The third kappa shape index (κ3) is 29.7. The Morgan fingerprint density at radius 2 is 0.532 bits per heavy atom. The van der Waals surface area contributed by atoms with E-state index in [1.165, 1.54) is 35.2 Å². The molecule has 0 amide bonds. The van der Waals surface area contributed by atoms with Crippen LogP contribution < -0.4 is 0 Å². The van der Waals surface area contributed by atoms with Crippen molar-refractivity contribution < 1.29 is 195 Å². The number of rotatable bonds is 39. The Morgan fingerprint density at radius 1 is 0.317 bits per heavy atom. The fourth-order valence-electron chi connectivity index (χ4n) is 20.2. The van der Waals surface area contributed by atoms with Crippen LogP contribution in [0.1, 0.15) is 201 Å².